The lowest BCUT2D eigenvalue weighted by Crippen LogP contribution is -2.11. The van der Waals surface area contributed by atoms with Gasteiger partial charge in [-0.2, -0.15) is 5.26 Å². The number of carbonyl (C=O) groups is 1. The summed E-state index contributed by atoms with van der Waals surface area (Å²) >= 11 is 3.07. The van der Waals surface area contributed by atoms with E-state index in [1.165, 1.54) is 11.3 Å². The van der Waals surface area contributed by atoms with Crippen LogP contribution in [0.1, 0.15) is 15.9 Å². The van der Waals surface area contributed by atoms with Crippen molar-refractivity contribution in [2.75, 3.05) is 5.32 Å². The van der Waals surface area contributed by atoms with Crippen molar-refractivity contribution in [3.05, 3.63) is 71.1 Å². The number of hydrogen-bond acceptors (Lipinski definition) is 5. The molecule has 2 heterocycles. The zero-order chi connectivity index (χ0) is 17.2. The fourth-order valence-corrected chi connectivity index (χ4v) is 4.28. The van der Waals surface area contributed by atoms with Crippen LogP contribution in [-0.4, -0.2) is 10.9 Å². The molecule has 0 atom stereocenters. The van der Waals surface area contributed by atoms with Crippen molar-refractivity contribution >= 4 is 43.8 Å². The van der Waals surface area contributed by atoms with Crippen LogP contribution in [0.25, 0.3) is 20.8 Å². The molecule has 4 nitrogen and oxygen atoms in total. The third-order valence-corrected chi connectivity index (χ3v) is 5.59. The normalized spacial score (nSPS) is 10.5. The molecule has 4 rings (SSSR count). The van der Waals surface area contributed by atoms with Crippen molar-refractivity contribution in [2.45, 2.75) is 0 Å². The van der Waals surface area contributed by atoms with Crippen molar-refractivity contribution in [1.82, 2.24) is 4.98 Å². The van der Waals surface area contributed by atoms with Gasteiger partial charge in [0, 0.05) is 11.1 Å². The monoisotopic (exact) mass is 361 g/mol. The van der Waals surface area contributed by atoms with Gasteiger partial charge in [0.25, 0.3) is 5.91 Å². The highest BCUT2D eigenvalue weighted by Crippen LogP contribution is 2.37. The maximum absolute atomic E-state index is 12.5. The van der Waals surface area contributed by atoms with Gasteiger partial charge >= 0.3 is 0 Å². The number of thiophene rings is 1. The first-order valence-electron chi connectivity index (χ1n) is 7.49. The first kappa shape index (κ1) is 15.5. The average Bonchev–Trinajstić information content (AvgIpc) is 3.27. The second kappa shape index (κ2) is 6.48. The number of rotatable bonds is 3. The third kappa shape index (κ3) is 3.03. The molecule has 1 amide bonds. The number of fused-ring (bicyclic) bond motifs is 1. The van der Waals surface area contributed by atoms with Crippen molar-refractivity contribution in [3.63, 3.8) is 0 Å². The minimum absolute atomic E-state index is 0.200. The van der Waals surface area contributed by atoms with Gasteiger partial charge in [0.15, 0.2) is 0 Å². The first-order chi connectivity index (χ1) is 12.2. The summed E-state index contributed by atoms with van der Waals surface area (Å²) in [5.41, 5.74) is 2.93. The molecule has 1 N–H and O–H groups in total. The van der Waals surface area contributed by atoms with E-state index in [1.54, 1.807) is 35.6 Å². The number of aromatic nitrogens is 1. The van der Waals surface area contributed by atoms with Gasteiger partial charge in [-0.25, -0.2) is 4.98 Å². The number of nitrogens with one attached hydrogen (secondary N) is 1. The first-order valence-corrected chi connectivity index (χ1v) is 9.19. The Morgan fingerprint density at radius 1 is 1.08 bits per heavy atom. The molecule has 0 aliphatic carbocycles. The van der Waals surface area contributed by atoms with Crippen molar-refractivity contribution in [2.24, 2.45) is 0 Å². The molecule has 0 saturated heterocycles. The molecular formula is C19H11N3OS2. The minimum atomic E-state index is -0.200. The summed E-state index contributed by atoms with van der Waals surface area (Å²) in [5.74, 6) is -0.200. The Kier molecular flexibility index (Phi) is 4.02. The largest absolute Gasteiger partial charge is 0.313 e. The van der Waals surface area contributed by atoms with Crippen LogP contribution < -0.4 is 5.32 Å². The molecule has 0 spiro atoms. The zero-order valence-electron chi connectivity index (χ0n) is 12.9. The SMILES string of the molecule is N#Cc1ccc(C(=O)Nc2sccc2-c2nc3ccccc3s2)cc1. The second-order valence-electron chi connectivity index (χ2n) is 5.29. The number of carbonyl (C=O) groups excluding carboxylic acids is 1. The van der Waals surface area contributed by atoms with E-state index < -0.39 is 0 Å². The number of nitrogens with zero attached hydrogens (tertiary/aromatic N) is 2. The van der Waals surface area contributed by atoms with Gasteiger partial charge in [0.2, 0.25) is 0 Å². The number of para-hydroxylation sites is 1. The number of nitriles is 1. The van der Waals surface area contributed by atoms with E-state index in [-0.39, 0.29) is 5.91 Å². The number of benzene rings is 2. The van der Waals surface area contributed by atoms with E-state index in [0.29, 0.717) is 11.1 Å². The smallest absolute Gasteiger partial charge is 0.256 e. The Hall–Kier alpha value is -3.01. The van der Waals surface area contributed by atoms with Gasteiger partial charge in [-0.3, -0.25) is 4.79 Å². The number of hydrogen-bond donors (Lipinski definition) is 1. The summed E-state index contributed by atoms with van der Waals surface area (Å²) in [7, 11) is 0. The second-order valence-corrected chi connectivity index (χ2v) is 7.24. The van der Waals surface area contributed by atoms with Crippen molar-refractivity contribution in [1.29, 1.82) is 5.26 Å². The standard InChI is InChI=1S/C19H11N3OS2/c20-11-12-5-7-13(8-6-12)17(23)22-18-14(9-10-24-18)19-21-15-3-1-2-4-16(15)25-19/h1-10H,(H,22,23). The predicted octanol–water partition coefficient (Wildman–Crippen LogP) is 5.15. The van der Waals surface area contributed by atoms with Gasteiger partial charge in [-0.05, 0) is 47.8 Å². The summed E-state index contributed by atoms with van der Waals surface area (Å²) in [6.07, 6.45) is 0. The van der Waals surface area contributed by atoms with Crippen LogP contribution in [0, 0.1) is 11.3 Å². The van der Waals surface area contributed by atoms with E-state index in [0.717, 1.165) is 25.8 Å². The molecule has 0 radical (unpaired) electrons. The van der Waals surface area contributed by atoms with E-state index in [4.69, 9.17) is 5.26 Å². The van der Waals surface area contributed by atoms with Gasteiger partial charge in [-0.15, -0.1) is 22.7 Å². The van der Waals surface area contributed by atoms with Crippen LogP contribution in [0.3, 0.4) is 0 Å². The fourth-order valence-electron chi connectivity index (χ4n) is 2.43. The molecule has 0 unspecified atom stereocenters. The van der Waals surface area contributed by atoms with Crippen molar-refractivity contribution < 1.29 is 4.79 Å². The molecule has 0 aliphatic rings. The maximum Gasteiger partial charge on any atom is 0.256 e. The van der Waals surface area contributed by atoms with E-state index in [9.17, 15) is 4.79 Å². The van der Waals surface area contributed by atoms with Gasteiger partial charge in [0.1, 0.15) is 10.0 Å². The topological polar surface area (TPSA) is 65.8 Å². The maximum atomic E-state index is 12.5. The van der Waals surface area contributed by atoms with E-state index >= 15 is 0 Å². The summed E-state index contributed by atoms with van der Waals surface area (Å²) in [6.45, 7) is 0. The van der Waals surface area contributed by atoms with E-state index in [2.05, 4.69) is 10.3 Å². The van der Waals surface area contributed by atoms with Gasteiger partial charge < -0.3 is 5.32 Å². The molecule has 2 aromatic carbocycles. The lowest BCUT2D eigenvalue weighted by atomic mass is 10.1. The van der Waals surface area contributed by atoms with Crippen LogP contribution in [0.4, 0.5) is 5.00 Å². The zero-order valence-corrected chi connectivity index (χ0v) is 14.5. The fraction of sp³-hybridized carbons (Fsp3) is 0. The molecule has 25 heavy (non-hydrogen) atoms. The van der Waals surface area contributed by atoms with Gasteiger partial charge in [0.05, 0.1) is 21.8 Å². The van der Waals surface area contributed by atoms with Crippen LogP contribution >= 0.6 is 22.7 Å². The highest BCUT2D eigenvalue weighted by Gasteiger charge is 2.15. The molecule has 0 saturated carbocycles. The number of thiazole rings is 1. The highest BCUT2D eigenvalue weighted by atomic mass is 32.1. The molecule has 2 aromatic heterocycles. The third-order valence-electron chi connectivity index (χ3n) is 3.69. The number of amides is 1. The summed E-state index contributed by atoms with van der Waals surface area (Å²) in [6, 6.07) is 18.6. The molecule has 0 bridgehead atoms. The Labute approximate surface area is 152 Å². The van der Waals surface area contributed by atoms with E-state index in [1.807, 2.05) is 41.8 Å². The minimum Gasteiger partial charge on any atom is -0.313 e. The summed E-state index contributed by atoms with van der Waals surface area (Å²) in [5, 5.41) is 15.4. The molecule has 6 heteroatoms. The lowest BCUT2D eigenvalue weighted by Gasteiger charge is -2.05. The molecule has 4 aromatic rings. The summed E-state index contributed by atoms with van der Waals surface area (Å²) < 4.78 is 1.12. The lowest BCUT2D eigenvalue weighted by molar-refractivity contribution is 0.102. The summed E-state index contributed by atoms with van der Waals surface area (Å²) in [4.78, 5) is 17.1. The Morgan fingerprint density at radius 3 is 2.64 bits per heavy atom. The quantitative estimate of drug-likeness (QED) is 0.549. The predicted molar refractivity (Wildman–Crippen MR) is 102 cm³/mol. The Bertz CT molecular complexity index is 1070. The molecule has 120 valence electrons. The van der Waals surface area contributed by atoms with Crippen LogP contribution in [0.15, 0.2) is 60.0 Å². The Balaban J connectivity index is 1.63. The van der Waals surface area contributed by atoms with Crippen LogP contribution in [0.5, 0.6) is 0 Å². The molecular weight excluding hydrogens is 350 g/mol. The molecule has 0 fully saturated rings. The average molecular weight is 361 g/mol. The van der Waals surface area contributed by atoms with Crippen LogP contribution in [0.2, 0.25) is 0 Å². The Morgan fingerprint density at radius 2 is 1.88 bits per heavy atom. The molecule has 0 aliphatic heterocycles. The van der Waals surface area contributed by atoms with Crippen molar-refractivity contribution in [3.8, 4) is 16.6 Å². The number of anilines is 1. The van der Waals surface area contributed by atoms with Gasteiger partial charge in [-0.1, -0.05) is 12.1 Å². The van der Waals surface area contributed by atoms with Crippen LogP contribution in [-0.2, 0) is 0 Å². The highest BCUT2D eigenvalue weighted by molar-refractivity contribution is 7.22.